The molecule has 4 heteroatoms. The largest absolute Gasteiger partial charge is 0.495 e. The molecule has 0 aliphatic heterocycles. The summed E-state index contributed by atoms with van der Waals surface area (Å²) in [5.74, 6) is 6.25. The molecule has 3 N–H and O–H groups in total. The molecule has 1 rings (SSSR count). The van der Waals surface area contributed by atoms with Crippen LogP contribution in [0.15, 0.2) is 18.2 Å². The molecular weight excluding hydrogens is 204 g/mol. The van der Waals surface area contributed by atoms with Gasteiger partial charge >= 0.3 is 0 Å². The van der Waals surface area contributed by atoms with E-state index in [2.05, 4.69) is 17.2 Å². The lowest BCUT2D eigenvalue weighted by atomic mass is 10.2. The second kappa shape index (κ2) is 5.66. The van der Waals surface area contributed by atoms with Gasteiger partial charge in [0.25, 0.3) is 0 Å². The zero-order valence-corrected chi connectivity index (χ0v) is 9.33. The summed E-state index contributed by atoms with van der Waals surface area (Å²) in [6.45, 7) is 1.79. The fourth-order valence-electron chi connectivity index (χ4n) is 1.13. The Balaban J connectivity index is 2.67. The van der Waals surface area contributed by atoms with Gasteiger partial charge in [-0.05, 0) is 18.2 Å². The van der Waals surface area contributed by atoms with Crippen LogP contribution in [0.4, 0.5) is 5.69 Å². The van der Waals surface area contributed by atoms with E-state index in [1.807, 2.05) is 6.07 Å². The van der Waals surface area contributed by atoms with Gasteiger partial charge in [0.1, 0.15) is 5.75 Å². The zero-order chi connectivity index (χ0) is 12.0. The molecule has 0 fully saturated rings. The SMILES string of the molecule is COc1ccc(C#CCNC(C)=O)cc1N. The third kappa shape index (κ3) is 3.54. The predicted molar refractivity (Wildman–Crippen MR) is 63.0 cm³/mol. The van der Waals surface area contributed by atoms with Gasteiger partial charge in [0.15, 0.2) is 0 Å². The number of carbonyl (C=O) groups is 1. The molecule has 0 heterocycles. The van der Waals surface area contributed by atoms with Crippen LogP contribution in [0.3, 0.4) is 0 Å². The lowest BCUT2D eigenvalue weighted by Gasteiger charge is -2.03. The quantitative estimate of drug-likeness (QED) is 0.569. The standard InChI is InChI=1S/C12H14N2O2/c1-9(15)14-7-3-4-10-5-6-12(16-2)11(13)8-10/h5-6,8H,7,13H2,1-2H3,(H,14,15). The topological polar surface area (TPSA) is 64.3 Å². The molecule has 0 atom stereocenters. The Kier molecular flexibility index (Phi) is 4.22. The van der Waals surface area contributed by atoms with Crippen LogP contribution in [0.2, 0.25) is 0 Å². The van der Waals surface area contributed by atoms with Crippen LogP contribution < -0.4 is 15.8 Å². The summed E-state index contributed by atoms with van der Waals surface area (Å²) in [6.07, 6.45) is 0. The van der Waals surface area contributed by atoms with Crippen molar-refractivity contribution in [2.75, 3.05) is 19.4 Å². The van der Waals surface area contributed by atoms with Crippen molar-refractivity contribution in [3.63, 3.8) is 0 Å². The van der Waals surface area contributed by atoms with Crippen molar-refractivity contribution in [1.82, 2.24) is 5.32 Å². The maximum absolute atomic E-state index is 10.6. The van der Waals surface area contributed by atoms with Crippen molar-refractivity contribution in [3.8, 4) is 17.6 Å². The van der Waals surface area contributed by atoms with Crippen LogP contribution in [0.1, 0.15) is 12.5 Å². The van der Waals surface area contributed by atoms with Gasteiger partial charge < -0.3 is 15.8 Å². The van der Waals surface area contributed by atoms with E-state index in [1.54, 1.807) is 19.2 Å². The van der Waals surface area contributed by atoms with Gasteiger partial charge in [-0.2, -0.15) is 0 Å². The van der Waals surface area contributed by atoms with E-state index in [-0.39, 0.29) is 5.91 Å². The lowest BCUT2D eigenvalue weighted by Crippen LogP contribution is -2.19. The fourth-order valence-corrected chi connectivity index (χ4v) is 1.13. The average Bonchev–Trinajstić information content (AvgIpc) is 2.24. The summed E-state index contributed by atoms with van der Waals surface area (Å²) in [7, 11) is 1.56. The predicted octanol–water partition coefficient (Wildman–Crippen LogP) is 0.765. The van der Waals surface area contributed by atoms with Gasteiger partial charge in [0, 0.05) is 12.5 Å². The van der Waals surface area contributed by atoms with Crippen LogP contribution in [0.5, 0.6) is 5.75 Å². The molecule has 0 aliphatic carbocycles. The number of nitrogen functional groups attached to an aromatic ring is 1. The molecule has 0 radical (unpaired) electrons. The molecule has 0 aliphatic rings. The summed E-state index contributed by atoms with van der Waals surface area (Å²) < 4.78 is 5.03. The summed E-state index contributed by atoms with van der Waals surface area (Å²) in [5, 5.41) is 2.58. The maximum Gasteiger partial charge on any atom is 0.217 e. The van der Waals surface area contributed by atoms with Gasteiger partial charge in [-0.15, -0.1) is 0 Å². The Bertz CT molecular complexity index is 444. The van der Waals surface area contributed by atoms with Crippen molar-refractivity contribution in [2.45, 2.75) is 6.92 Å². The lowest BCUT2D eigenvalue weighted by molar-refractivity contribution is -0.118. The minimum atomic E-state index is -0.0939. The van der Waals surface area contributed by atoms with E-state index in [0.29, 0.717) is 18.0 Å². The first-order chi connectivity index (χ1) is 7.63. The van der Waals surface area contributed by atoms with Crippen LogP contribution in [0, 0.1) is 11.8 Å². The number of anilines is 1. The number of hydrogen-bond acceptors (Lipinski definition) is 3. The average molecular weight is 218 g/mol. The number of ether oxygens (including phenoxy) is 1. The highest BCUT2D eigenvalue weighted by atomic mass is 16.5. The number of rotatable bonds is 2. The molecule has 1 aromatic rings. The zero-order valence-electron chi connectivity index (χ0n) is 9.33. The Morgan fingerprint density at radius 1 is 1.56 bits per heavy atom. The van der Waals surface area contributed by atoms with E-state index >= 15 is 0 Å². The summed E-state index contributed by atoms with van der Waals surface area (Å²) in [6, 6.07) is 5.31. The van der Waals surface area contributed by atoms with E-state index in [4.69, 9.17) is 10.5 Å². The molecule has 4 nitrogen and oxygen atoms in total. The summed E-state index contributed by atoms with van der Waals surface area (Å²) in [5.41, 5.74) is 7.07. The van der Waals surface area contributed by atoms with Crippen LogP contribution in [-0.2, 0) is 4.79 Å². The molecule has 0 saturated carbocycles. The van der Waals surface area contributed by atoms with Crippen LogP contribution in [0.25, 0.3) is 0 Å². The van der Waals surface area contributed by atoms with E-state index in [0.717, 1.165) is 5.56 Å². The molecule has 1 aromatic carbocycles. The summed E-state index contributed by atoms with van der Waals surface area (Å²) >= 11 is 0. The normalized spacial score (nSPS) is 8.88. The molecule has 84 valence electrons. The molecule has 0 bridgehead atoms. The number of hydrogen-bond donors (Lipinski definition) is 2. The monoisotopic (exact) mass is 218 g/mol. The minimum Gasteiger partial charge on any atom is -0.495 e. The van der Waals surface area contributed by atoms with Crippen molar-refractivity contribution in [2.24, 2.45) is 0 Å². The van der Waals surface area contributed by atoms with E-state index < -0.39 is 0 Å². The van der Waals surface area contributed by atoms with Gasteiger partial charge in [0.2, 0.25) is 5.91 Å². The van der Waals surface area contributed by atoms with Crippen LogP contribution in [-0.4, -0.2) is 19.6 Å². The first-order valence-electron chi connectivity index (χ1n) is 4.80. The molecule has 1 amide bonds. The van der Waals surface area contributed by atoms with E-state index in [9.17, 15) is 4.79 Å². The van der Waals surface area contributed by atoms with Crippen molar-refractivity contribution in [3.05, 3.63) is 23.8 Å². The van der Waals surface area contributed by atoms with Gasteiger partial charge in [-0.3, -0.25) is 4.79 Å². The highest BCUT2D eigenvalue weighted by Crippen LogP contribution is 2.21. The Labute approximate surface area is 94.8 Å². The molecule has 0 unspecified atom stereocenters. The smallest absolute Gasteiger partial charge is 0.217 e. The first kappa shape index (κ1) is 11.9. The maximum atomic E-state index is 10.6. The Morgan fingerprint density at radius 2 is 2.31 bits per heavy atom. The highest BCUT2D eigenvalue weighted by molar-refractivity contribution is 5.73. The number of nitrogens with two attached hydrogens (primary N) is 1. The fraction of sp³-hybridized carbons (Fsp3) is 0.250. The Morgan fingerprint density at radius 3 is 2.88 bits per heavy atom. The van der Waals surface area contributed by atoms with Crippen molar-refractivity contribution < 1.29 is 9.53 Å². The van der Waals surface area contributed by atoms with Crippen LogP contribution >= 0.6 is 0 Å². The highest BCUT2D eigenvalue weighted by Gasteiger charge is 1.97. The molecular formula is C12H14N2O2. The Hall–Kier alpha value is -2.15. The van der Waals surface area contributed by atoms with E-state index in [1.165, 1.54) is 6.92 Å². The van der Waals surface area contributed by atoms with Crippen molar-refractivity contribution >= 4 is 11.6 Å². The number of nitrogens with one attached hydrogen (secondary N) is 1. The summed E-state index contributed by atoms with van der Waals surface area (Å²) in [4.78, 5) is 10.6. The number of methoxy groups -OCH3 is 1. The second-order valence-corrected chi connectivity index (χ2v) is 3.17. The molecule has 0 saturated heterocycles. The van der Waals surface area contributed by atoms with Gasteiger partial charge in [0.05, 0.1) is 19.3 Å². The van der Waals surface area contributed by atoms with Gasteiger partial charge in [-0.25, -0.2) is 0 Å². The number of benzene rings is 1. The second-order valence-electron chi connectivity index (χ2n) is 3.17. The number of amides is 1. The third-order valence-electron chi connectivity index (χ3n) is 1.89. The number of carbonyl (C=O) groups excluding carboxylic acids is 1. The first-order valence-corrected chi connectivity index (χ1v) is 4.80. The third-order valence-corrected chi connectivity index (χ3v) is 1.89. The molecule has 16 heavy (non-hydrogen) atoms. The minimum absolute atomic E-state index is 0.0939. The van der Waals surface area contributed by atoms with Gasteiger partial charge in [-0.1, -0.05) is 11.8 Å². The van der Waals surface area contributed by atoms with Crippen molar-refractivity contribution in [1.29, 1.82) is 0 Å². The molecule has 0 aromatic heterocycles. The molecule has 0 spiro atoms.